The maximum absolute atomic E-state index is 13.1. The molecule has 24 heavy (non-hydrogen) atoms. The molecule has 5 heteroatoms. The summed E-state index contributed by atoms with van der Waals surface area (Å²) in [6, 6.07) is 11.9. The number of nitrogens with zero attached hydrogens (tertiary/aromatic N) is 2. The molecule has 0 bridgehead atoms. The van der Waals surface area contributed by atoms with Gasteiger partial charge in [-0.25, -0.2) is 14.4 Å². The van der Waals surface area contributed by atoms with E-state index in [1.807, 2.05) is 13.8 Å². The summed E-state index contributed by atoms with van der Waals surface area (Å²) in [5, 5.41) is 3.65. The number of anilines is 2. The second-order valence-corrected chi connectivity index (χ2v) is 6.19. The quantitative estimate of drug-likeness (QED) is 0.629. The lowest BCUT2D eigenvalue weighted by Crippen LogP contribution is -2.01. The van der Waals surface area contributed by atoms with Gasteiger partial charge >= 0.3 is 0 Å². The molecule has 0 saturated carbocycles. The zero-order valence-corrected chi connectivity index (χ0v) is 14.4. The second-order valence-electron chi connectivity index (χ2n) is 5.81. The minimum Gasteiger partial charge on any atom is -0.340 e. The summed E-state index contributed by atoms with van der Waals surface area (Å²) >= 11 is 6.14. The highest BCUT2D eigenvalue weighted by Crippen LogP contribution is 2.27. The Balaban J connectivity index is 1.99. The van der Waals surface area contributed by atoms with Crippen LogP contribution >= 0.6 is 11.6 Å². The number of nitrogens with one attached hydrogen (secondary N) is 1. The normalized spacial score (nSPS) is 10.7. The van der Waals surface area contributed by atoms with Crippen molar-refractivity contribution in [2.45, 2.75) is 20.8 Å². The van der Waals surface area contributed by atoms with Gasteiger partial charge in [-0.05, 0) is 56.2 Å². The van der Waals surface area contributed by atoms with Gasteiger partial charge in [0.15, 0.2) is 5.82 Å². The highest BCUT2D eigenvalue weighted by atomic mass is 35.5. The van der Waals surface area contributed by atoms with E-state index in [4.69, 9.17) is 11.6 Å². The summed E-state index contributed by atoms with van der Waals surface area (Å²) in [5.41, 5.74) is 5.18. The molecule has 122 valence electrons. The summed E-state index contributed by atoms with van der Waals surface area (Å²) in [5.74, 6) is 0.752. The van der Waals surface area contributed by atoms with E-state index in [-0.39, 0.29) is 5.82 Å². The first kappa shape index (κ1) is 16.4. The molecule has 0 aliphatic heterocycles. The van der Waals surface area contributed by atoms with Crippen LogP contribution in [0.4, 0.5) is 15.9 Å². The molecule has 2 aromatic carbocycles. The lowest BCUT2D eigenvalue weighted by Gasteiger charge is -2.14. The third kappa shape index (κ3) is 3.54. The highest BCUT2D eigenvalue weighted by molar-refractivity contribution is 6.29. The maximum Gasteiger partial charge on any atom is 0.163 e. The Labute approximate surface area is 145 Å². The number of aromatic nitrogens is 2. The molecule has 0 unspecified atom stereocenters. The van der Waals surface area contributed by atoms with Gasteiger partial charge in [-0.15, -0.1) is 0 Å². The van der Waals surface area contributed by atoms with Gasteiger partial charge in [-0.1, -0.05) is 29.3 Å². The van der Waals surface area contributed by atoms with Gasteiger partial charge in [-0.3, -0.25) is 0 Å². The van der Waals surface area contributed by atoms with Gasteiger partial charge in [0.1, 0.15) is 16.8 Å². The van der Waals surface area contributed by atoms with Crippen molar-refractivity contribution in [1.82, 2.24) is 9.97 Å². The first-order chi connectivity index (χ1) is 11.4. The molecule has 0 spiro atoms. The van der Waals surface area contributed by atoms with Gasteiger partial charge in [0.05, 0.1) is 0 Å². The van der Waals surface area contributed by atoms with Crippen LogP contribution in [0.15, 0.2) is 42.5 Å². The van der Waals surface area contributed by atoms with Gasteiger partial charge < -0.3 is 5.32 Å². The fourth-order valence-electron chi connectivity index (χ4n) is 2.71. The number of hydrogen-bond acceptors (Lipinski definition) is 3. The van der Waals surface area contributed by atoms with Crippen molar-refractivity contribution in [3.63, 3.8) is 0 Å². The smallest absolute Gasteiger partial charge is 0.163 e. The Morgan fingerprint density at radius 2 is 1.54 bits per heavy atom. The summed E-state index contributed by atoms with van der Waals surface area (Å²) in [7, 11) is 0. The molecule has 0 saturated heterocycles. The summed E-state index contributed by atoms with van der Waals surface area (Å²) < 4.78 is 13.1. The number of halogens is 2. The van der Waals surface area contributed by atoms with E-state index >= 15 is 0 Å². The van der Waals surface area contributed by atoms with E-state index < -0.39 is 0 Å². The number of rotatable bonds is 3. The molecule has 0 atom stereocenters. The number of aryl methyl sites for hydroxylation is 3. The molecule has 0 aliphatic carbocycles. The van der Waals surface area contributed by atoms with Crippen LogP contribution in [0, 0.1) is 26.6 Å². The van der Waals surface area contributed by atoms with Crippen molar-refractivity contribution in [2.24, 2.45) is 0 Å². The van der Waals surface area contributed by atoms with Crippen molar-refractivity contribution in [3.8, 4) is 11.4 Å². The van der Waals surface area contributed by atoms with Crippen LogP contribution in [0.25, 0.3) is 11.4 Å². The number of benzene rings is 2. The average Bonchev–Trinajstić information content (AvgIpc) is 2.51. The Hall–Kier alpha value is -2.46. The fourth-order valence-corrected chi connectivity index (χ4v) is 2.90. The van der Waals surface area contributed by atoms with E-state index in [9.17, 15) is 4.39 Å². The fraction of sp³-hybridized carbons (Fsp3) is 0.158. The predicted molar refractivity (Wildman–Crippen MR) is 96.4 cm³/mol. The largest absolute Gasteiger partial charge is 0.340 e. The SMILES string of the molecule is Cc1cc(C)c(Nc2cc(Cl)nc(-c3ccc(F)cc3)n2)c(C)c1. The minimum absolute atomic E-state index is 0.301. The molecule has 0 fully saturated rings. The van der Waals surface area contributed by atoms with E-state index in [0.717, 1.165) is 16.8 Å². The lowest BCUT2D eigenvalue weighted by atomic mass is 10.1. The first-order valence-corrected chi connectivity index (χ1v) is 7.95. The Morgan fingerprint density at radius 1 is 0.917 bits per heavy atom. The van der Waals surface area contributed by atoms with E-state index in [1.165, 1.54) is 17.7 Å². The van der Waals surface area contributed by atoms with Crippen LogP contribution in [-0.4, -0.2) is 9.97 Å². The van der Waals surface area contributed by atoms with Gasteiger partial charge in [0.25, 0.3) is 0 Å². The highest BCUT2D eigenvalue weighted by Gasteiger charge is 2.09. The average molecular weight is 342 g/mol. The summed E-state index contributed by atoms with van der Waals surface area (Å²) in [6.07, 6.45) is 0. The van der Waals surface area contributed by atoms with Gasteiger partial charge in [0.2, 0.25) is 0 Å². The van der Waals surface area contributed by atoms with Crippen LogP contribution in [-0.2, 0) is 0 Å². The topological polar surface area (TPSA) is 37.8 Å². The first-order valence-electron chi connectivity index (χ1n) is 7.58. The molecular weight excluding hydrogens is 325 g/mol. The minimum atomic E-state index is -0.301. The van der Waals surface area contributed by atoms with Crippen LogP contribution in [0.1, 0.15) is 16.7 Å². The summed E-state index contributed by atoms with van der Waals surface area (Å²) in [6.45, 7) is 6.16. The molecule has 1 heterocycles. The molecule has 1 N–H and O–H groups in total. The summed E-state index contributed by atoms with van der Waals surface area (Å²) in [4.78, 5) is 8.73. The molecule has 0 aliphatic rings. The van der Waals surface area contributed by atoms with Crippen molar-refractivity contribution >= 4 is 23.1 Å². The van der Waals surface area contributed by atoms with E-state index in [0.29, 0.717) is 22.4 Å². The molecular formula is C19H17ClFN3. The second kappa shape index (κ2) is 6.57. The Bertz CT molecular complexity index is 869. The molecule has 3 nitrogen and oxygen atoms in total. The van der Waals surface area contributed by atoms with Crippen LogP contribution in [0.3, 0.4) is 0 Å². The van der Waals surface area contributed by atoms with Crippen molar-refractivity contribution in [1.29, 1.82) is 0 Å². The molecule has 0 amide bonds. The molecule has 3 rings (SSSR count). The lowest BCUT2D eigenvalue weighted by molar-refractivity contribution is 0.628. The van der Waals surface area contributed by atoms with E-state index in [2.05, 4.69) is 34.3 Å². The Morgan fingerprint density at radius 3 is 2.17 bits per heavy atom. The van der Waals surface area contributed by atoms with Crippen LogP contribution in [0.2, 0.25) is 5.15 Å². The van der Waals surface area contributed by atoms with Gasteiger partial charge in [-0.2, -0.15) is 0 Å². The standard InChI is InChI=1S/C19H17ClFN3/c1-11-8-12(2)18(13(3)9-11)23-17-10-16(20)22-19(24-17)14-4-6-15(21)7-5-14/h4-10H,1-3H3,(H,22,23,24). The predicted octanol–water partition coefficient (Wildman–Crippen LogP) is 5.60. The molecule has 1 aromatic heterocycles. The zero-order valence-electron chi connectivity index (χ0n) is 13.7. The van der Waals surface area contributed by atoms with Crippen molar-refractivity contribution in [2.75, 3.05) is 5.32 Å². The van der Waals surface area contributed by atoms with E-state index in [1.54, 1.807) is 18.2 Å². The molecule has 3 aromatic rings. The van der Waals surface area contributed by atoms with Crippen LogP contribution < -0.4 is 5.32 Å². The molecule has 0 radical (unpaired) electrons. The van der Waals surface area contributed by atoms with Crippen molar-refractivity contribution in [3.05, 3.63) is 70.1 Å². The number of hydrogen-bond donors (Lipinski definition) is 1. The van der Waals surface area contributed by atoms with Gasteiger partial charge in [0, 0.05) is 17.3 Å². The third-order valence-electron chi connectivity index (χ3n) is 3.73. The Kier molecular flexibility index (Phi) is 4.49. The zero-order chi connectivity index (χ0) is 17.3. The van der Waals surface area contributed by atoms with Crippen LogP contribution in [0.5, 0.6) is 0 Å². The third-order valence-corrected chi connectivity index (χ3v) is 3.92. The van der Waals surface area contributed by atoms with Crippen molar-refractivity contribution < 1.29 is 4.39 Å². The maximum atomic E-state index is 13.1. The monoisotopic (exact) mass is 341 g/mol.